The number of thioether (sulfide) groups is 1. The highest BCUT2D eigenvalue weighted by molar-refractivity contribution is 8.00. The summed E-state index contributed by atoms with van der Waals surface area (Å²) in [4.78, 5) is 6.58. The monoisotopic (exact) mass is 486 g/mol. The lowest BCUT2D eigenvalue weighted by Crippen LogP contribution is -2.23. The van der Waals surface area contributed by atoms with E-state index in [2.05, 4.69) is 16.0 Å². The van der Waals surface area contributed by atoms with Gasteiger partial charge in [-0.1, -0.05) is 23.7 Å². The summed E-state index contributed by atoms with van der Waals surface area (Å²) in [6, 6.07) is 10.8. The van der Waals surface area contributed by atoms with Crippen molar-refractivity contribution in [2.75, 3.05) is 13.1 Å². The zero-order chi connectivity index (χ0) is 22.2. The first-order valence-electron chi connectivity index (χ1n) is 9.46. The Kier molecular flexibility index (Phi) is 6.22. The number of fused-ring (bicyclic) bond motifs is 1. The molecule has 2 aromatic carbocycles. The molecule has 0 amide bonds. The standard InChI is InChI=1S/C21H18ClF3N2O2S2/c22-19-9-16-11-26-7-5-15(16)10-20(19)30-17-6-8-27(13-17)12-14-1-3-18(4-2-14)31(28,29)21(23,24)25/h1-5,7,9-11,17H,6,8,12-13H2/t17-/m0/s1. The minimum atomic E-state index is -5.32. The summed E-state index contributed by atoms with van der Waals surface area (Å²) in [5, 5.41) is 3.08. The van der Waals surface area contributed by atoms with Crippen LogP contribution in [-0.2, 0) is 16.4 Å². The average molecular weight is 487 g/mol. The van der Waals surface area contributed by atoms with Crippen LogP contribution in [0.15, 0.2) is 64.6 Å². The summed E-state index contributed by atoms with van der Waals surface area (Å²) < 4.78 is 61.0. The topological polar surface area (TPSA) is 50.3 Å². The summed E-state index contributed by atoms with van der Waals surface area (Å²) in [5.74, 6) is 0. The van der Waals surface area contributed by atoms with Crippen LogP contribution in [0.1, 0.15) is 12.0 Å². The molecule has 3 aromatic rings. The number of nitrogens with zero attached hydrogens (tertiary/aromatic N) is 2. The maximum absolute atomic E-state index is 12.7. The van der Waals surface area contributed by atoms with Crippen LogP contribution >= 0.6 is 23.4 Å². The van der Waals surface area contributed by atoms with Gasteiger partial charge in [-0.25, -0.2) is 8.42 Å². The maximum atomic E-state index is 12.7. The van der Waals surface area contributed by atoms with Gasteiger partial charge in [0.2, 0.25) is 0 Å². The first-order valence-corrected chi connectivity index (χ1v) is 12.2. The van der Waals surface area contributed by atoms with Crippen LogP contribution in [0.3, 0.4) is 0 Å². The average Bonchev–Trinajstić information content (AvgIpc) is 3.15. The lowest BCUT2D eigenvalue weighted by molar-refractivity contribution is -0.0436. The number of halogens is 4. The van der Waals surface area contributed by atoms with Crippen LogP contribution in [-0.4, -0.2) is 42.1 Å². The first kappa shape index (κ1) is 22.4. The molecule has 4 rings (SSSR count). The van der Waals surface area contributed by atoms with Gasteiger partial charge in [0.25, 0.3) is 9.84 Å². The van der Waals surface area contributed by atoms with Crippen molar-refractivity contribution in [2.45, 2.75) is 33.5 Å². The van der Waals surface area contributed by atoms with E-state index in [0.717, 1.165) is 52.9 Å². The van der Waals surface area contributed by atoms with Crippen LogP contribution in [0.2, 0.25) is 5.02 Å². The fourth-order valence-corrected chi connectivity index (χ4v) is 5.86. The fraction of sp³-hybridized carbons (Fsp3) is 0.286. The molecule has 0 N–H and O–H groups in total. The molecule has 2 heterocycles. The Morgan fingerprint density at radius 1 is 1.13 bits per heavy atom. The lowest BCUT2D eigenvalue weighted by atomic mass is 10.2. The minimum absolute atomic E-state index is 0.335. The van der Waals surface area contributed by atoms with Crippen molar-refractivity contribution in [2.24, 2.45) is 0 Å². The molecule has 10 heteroatoms. The van der Waals surface area contributed by atoms with Gasteiger partial charge >= 0.3 is 5.51 Å². The van der Waals surface area contributed by atoms with Crippen LogP contribution in [0, 0.1) is 0 Å². The van der Waals surface area contributed by atoms with E-state index < -0.39 is 20.2 Å². The highest BCUT2D eigenvalue weighted by Crippen LogP contribution is 2.37. The summed E-state index contributed by atoms with van der Waals surface area (Å²) in [7, 11) is -5.32. The maximum Gasteiger partial charge on any atom is 0.501 e. The Morgan fingerprint density at radius 3 is 2.58 bits per heavy atom. The summed E-state index contributed by atoms with van der Waals surface area (Å²) in [6.45, 7) is 2.19. The molecule has 0 saturated carbocycles. The van der Waals surface area contributed by atoms with Gasteiger partial charge in [0.15, 0.2) is 0 Å². The Hall–Kier alpha value is -1.81. The number of hydrogen-bond donors (Lipinski definition) is 0. The Balaban J connectivity index is 1.39. The number of likely N-dealkylation sites (tertiary alicyclic amines) is 1. The van der Waals surface area contributed by atoms with Gasteiger partial charge in [0, 0.05) is 41.0 Å². The van der Waals surface area contributed by atoms with Crippen molar-refractivity contribution in [1.82, 2.24) is 9.88 Å². The molecule has 1 aliphatic rings. The summed E-state index contributed by atoms with van der Waals surface area (Å²) in [5.41, 5.74) is -4.53. The fourth-order valence-electron chi connectivity index (χ4n) is 3.56. The molecular weight excluding hydrogens is 469 g/mol. The molecule has 164 valence electrons. The number of pyridine rings is 1. The molecular formula is C21H18ClF3N2O2S2. The van der Waals surface area contributed by atoms with E-state index in [0.29, 0.717) is 16.8 Å². The number of alkyl halides is 3. The number of aromatic nitrogens is 1. The molecule has 1 fully saturated rings. The van der Waals surface area contributed by atoms with Crippen LogP contribution in [0.5, 0.6) is 0 Å². The number of hydrogen-bond acceptors (Lipinski definition) is 5. The smallest absolute Gasteiger partial charge is 0.298 e. The third kappa shape index (κ3) is 4.84. The van der Waals surface area contributed by atoms with E-state index in [1.807, 2.05) is 12.1 Å². The first-order chi connectivity index (χ1) is 14.6. The predicted molar refractivity (Wildman–Crippen MR) is 116 cm³/mol. The molecule has 1 saturated heterocycles. The number of sulfone groups is 1. The van der Waals surface area contributed by atoms with Crippen molar-refractivity contribution >= 4 is 44.0 Å². The normalized spacial score (nSPS) is 18.0. The molecule has 0 unspecified atom stereocenters. The van der Waals surface area contributed by atoms with E-state index in [1.54, 1.807) is 24.2 Å². The lowest BCUT2D eigenvalue weighted by Gasteiger charge is -2.17. The highest BCUT2D eigenvalue weighted by Gasteiger charge is 2.46. The Bertz CT molecular complexity index is 1200. The molecule has 0 bridgehead atoms. The number of benzene rings is 2. The molecule has 0 aliphatic carbocycles. The van der Waals surface area contributed by atoms with Crippen molar-refractivity contribution in [3.8, 4) is 0 Å². The van der Waals surface area contributed by atoms with E-state index >= 15 is 0 Å². The third-order valence-electron chi connectivity index (χ3n) is 5.16. The molecule has 4 nitrogen and oxygen atoms in total. The van der Waals surface area contributed by atoms with Gasteiger partial charge in [-0.05, 0) is 54.2 Å². The van der Waals surface area contributed by atoms with Crippen molar-refractivity contribution < 1.29 is 21.6 Å². The summed E-state index contributed by atoms with van der Waals surface area (Å²) >= 11 is 8.16. The SMILES string of the molecule is O=S(=O)(c1ccc(CN2CC[C@H](Sc3cc4ccncc4cc3Cl)C2)cc1)C(F)(F)F. The van der Waals surface area contributed by atoms with Crippen LogP contribution in [0.25, 0.3) is 10.8 Å². The zero-order valence-electron chi connectivity index (χ0n) is 16.1. The summed E-state index contributed by atoms with van der Waals surface area (Å²) in [6.07, 6.45) is 4.47. The second-order valence-corrected chi connectivity index (χ2v) is 11.1. The molecule has 0 spiro atoms. The zero-order valence-corrected chi connectivity index (χ0v) is 18.5. The molecule has 1 aromatic heterocycles. The van der Waals surface area contributed by atoms with Crippen molar-refractivity contribution in [1.29, 1.82) is 0 Å². The third-order valence-corrected chi connectivity index (χ3v) is 8.40. The van der Waals surface area contributed by atoms with E-state index in [4.69, 9.17) is 11.6 Å². The Morgan fingerprint density at radius 2 is 1.87 bits per heavy atom. The van der Waals surface area contributed by atoms with Gasteiger partial charge in [0.05, 0.1) is 9.92 Å². The molecule has 31 heavy (non-hydrogen) atoms. The molecule has 0 radical (unpaired) electrons. The minimum Gasteiger partial charge on any atom is -0.298 e. The van der Waals surface area contributed by atoms with Crippen LogP contribution < -0.4 is 0 Å². The molecule has 1 aliphatic heterocycles. The van der Waals surface area contributed by atoms with Crippen LogP contribution in [0.4, 0.5) is 13.2 Å². The van der Waals surface area contributed by atoms with Gasteiger partial charge in [-0.2, -0.15) is 13.2 Å². The largest absolute Gasteiger partial charge is 0.501 e. The van der Waals surface area contributed by atoms with E-state index in [9.17, 15) is 21.6 Å². The quantitative estimate of drug-likeness (QED) is 0.473. The van der Waals surface area contributed by atoms with E-state index in [-0.39, 0.29) is 0 Å². The van der Waals surface area contributed by atoms with E-state index in [1.165, 1.54) is 12.1 Å². The van der Waals surface area contributed by atoms with Gasteiger partial charge in [0.1, 0.15) is 0 Å². The van der Waals surface area contributed by atoms with Gasteiger partial charge in [-0.15, -0.1) is 11.8 Å². The van der Waals surface area contributed by atoms with Crippen molar-refractivity contribution in [3.63, 3.8) is 0 Å². The Labute approximate surface area is 187 Å². The second kappa shape index (κ2) is 8.61. The predicted octanol–water partition coefficient (Wildman–Crippen LogP) is 5.55. The number of rotatable bonds is 5. The van der Waals surface area contributed by atoms with Gasteiger partial charge in [-0.3, -0.25) is 9.88 Å². The van der Waals surface area contributed by atoms with Gasteiger partial charge < -0.3 is 0 Å². The second-order valence-electron chi connectivity index (χ2n) is 7.36. The molecule has 1 atom stereocenters. The van der Waals surface area contributed by atoms with Crippen molar-refractivity contribution in [3.05, 3.63) is 65.4 Å². The highest BCUT2D eigenvalue weighted by atomic mass is 35.5.